The SMILES string of the molecule is Cc1ccc(Nc2nc(Cl)nc3sc(-c4ccccc4)cc23)cc1C. The van der Waals surface area contributed by atoms with E-state index in [-0.39, 0.29) is 5.28 Å². The van der Waals surface area contributed by atoms with Gasteiger partial charge in [-0.25, -0.2) is 4.98 Å². The van der Waals surface area contributed by atoms with E-state index in [2.05, 4.69) is 65.5 Å². The standard InChI is InChI=1S/C20H16ClN3S/c1-12-8-9-15(10-13(12)2)22-18-16-11-17(14-6-4-3-5-7-14)25-19(16)24-20(21)23-18/h3-11H,1-2H3,(H,22,23,24). The van der Waals surface area contributed by atoms with Gasteiger partial charge in [-0.1, -0.05) is 36.4 Å². The third kappa shape index (κ3) is 3.23. The van der Waals surface area contributed by atoms with Gasteiger partial charge in [0, 0.05) is 10.6 Å². The second-order valence-corrected chi connectivity index (χ2v) is 7.33. The molecule has 0 bridgehead atoms. The number of halogens is 1. The molecule has 0 saturated heterocycles. The molecule has 0 fully saturated rings. The van der Waals surface area contributed by atoms with E-state index in [0.29, 0.717) is 0 Å². The zero-order valence-corrected chi connectivity index (χ0v) is 15.4. The van der Waals surface area contributed by atoms with Crippen LogP contribution in [0.3, 0.4) is 0 Å². The molecular weight excluding hydrogens is 350 g/mol. The highest BCUT2D eigenvalue weighted by atomic mass is 35.5. The van der Waals surface area contributed by atoms with Gasteiger partial charge < -0.3 is 5.32 Å². The molecule has 0 saturated carbocycles. The van der Waals surface area contributed by atoms with Gasteiger partial charge in [-0.15, -0.1) is 11.3 Å². The van der Waals surface area contributed by atoms with Crippen molar-refractivity contribution in [3.8, 4) is 10.4 Å². The summed E-state index contributed by atoms with van der Waals surface area (Å²) in [6.45, 7) is 4.20. The minimum Gasteiger partial charge on any atom is -0.340 e. The molecule has 4 rings (SSSR count). The normalized spacial score (nSPS) is 11.0. The fourth-order valence-electron chi connectivity index (χ4n) is 2.69. The quantitative estimate of drug-likeness (QED) is 0.428. The summed E-state index contributed by atoms with van der Waals surface area (Å²) in [4.78, 5) is 10.8. The van der Waals surface area contributed by atoms with Crippen molar-refractivity contribution in [2.24, 2.45) is 0 Å². The number of nitrogens with zero attached hydrogens (tertiary/aromatic N) is 2. The molecule has 0 spiro atoms. The highest BCUT2D eigenvalue weighted by molar-refractivity contribution is 7.22. The van der Waals surface area contributed by atoms with Gasteiger partial charge in [0.2, 0.25) is 5.28 Å². The summed E-state index contributed by atoms with van der Waals surface area (Å²) >= 11 is 7.77. The van der Waals surface area contributed by atoms with Gasteiger partial charge in [-0.3, -0.25) is 0 Å². The lowest BCUT2D eigenvalue weighted by atomic mass is 10.1. The molecule has 4 aromatic rings. The van der Waals surface area contributed by atoms with Crippen LogP contribution in [0.15, 0.2) is 54.6 Å². The maximum atomic E-state index is 6.15. The van der Waals surface area contributed by atoms with E-state index >= 15 is 0 Å². The van der Waals surface area contributed by atoms with Gasteiger partial charge in [0.1, 0.15) is 10.6 Å². The first kappa shape index (κ1) is 16.1. The molecule has 124 valence electrons. The number of benzene rings is 2. The highest BCUT2D eigenvalue weighted by Gasteiger charge is 2.12. The molecule has 5 heteroatoms. The van der Waals surface area contributed by atoms with E-state index in [0.717, 1.165) is 26.6 Å². The number of rotatable bonds is 3. The first-order chi connectivity index (χ1) is 12.1. The Bertz CT molecular complexity index is 1060. The molecule has 0 aliphatic heterocycles. The summed E-state index contributed by atoms with van der Waals surface area (Å²) in [5.74, 6) is 0.733. The molecule has 0 aliphatic carbocycles. The summed E-state index contributed by atoms with van der Waals surface area (Å²) < 4.78 is 0. The first-order valence-corrected chi connectivity index (χ1v) is 9.16. The van der Waals surface area contributed by atoms with Gasteiger partial charge in [0.15, 0.2) is 0 Å². The van der Waals surface area contributed by atoms with Crippen molar-refractivity contribution in [3.05, 3.63) is 71.0 Å². The number of thiophene rings is 1. The van der Waals surface area contributed by atoms with Gasteiger partial charge in [-0.2, -0.15) is 4.98 Å². The Hall–Kier alpha value is -2.43. The van der Waals surface area contributed by atoms with Crippen LogP contribution < -0.4 is 5.32 Å². The summed E-state index contributed by atoms with van der Waals surface area (Å²) in [5, 5.41) is 4.62. The Balaban J connectivity index is 1.80. The minimum absolute atomic E-state index is 0.250. The number of hydrogen-bond acceptors (Lipinski definition) is 4. The maximum Gasteiger partial charge on any atom is 0.225 e. The Morgan fingerprint density at radius 1 is 0.920 bits per heavy atom. The predicted octanol–water partition coefficient (Wildman–Crippen LogP) is 6.37. The molecule has 1 N–H and O–H groups in total. The smallest absolute Gasteiger partial charge is 0.225 e. The molecule has 25 heavy (non-hydrogen) atoms. The summed E-state index contributed by atoms with van der Waals surface area (Å²) in [6, 6.07) is 18.7. The number of fused-ring (bicyclic) bond motifs is 1. The highest BCUT2D eigenvalue weighted by Crippen LogP contribution is 2.36. The van der Waals surface area contributed by atoms with Gasteiger partial charge in [0.25, 0.3) is 0 Å². The number of anilines is 2. The minimum atomic E-state index is 0.250. The molecule has 0 amide bonds. The third-order valence-electron chi connectivity index (χ3n) is 4.19. The van der Waals surface area contributed by atoms with Gasteiger partial charge in [-0.05, 0) is 60.3 Å². The van der Waals surface area contributed by atoms with Crippen LogP contribution >= 0.6 is 22.9 Å². The lowest BCUT2D eigenvalue weighted by Gasteiger charge is -2.09. The summed E-state index contributed by atoms with van der Waals surface area (Å²) in [5.41, 5.74) is 4.65. The Labute approximate surface area is 155 Å². The second kappa shape index (κ2) is 6.47. The number of aromatic nitrogens is 2. The van der Waals surface area contributed by atoms with Crippen molar-refractivity contribution < 1.29 is 0 Å². The van der Waals surface area contributed by atoms with E-state index in [1.807, 2.05) is 18.2 Å². The Kier molecular flexibility index (Phi) is 4.15. The zero-order valence-electron chi connectivity index (χ0n) is 13.9. The van der Waals surface area contributed by atoms with Crippen LogP contribution in [0.5, 0.6) is 0 Å². The van der Waals surface area contributed by atoms with E-state index < -0.39 is 0 Å². The fourth-order valence-corrected chi connectivity index (χ4v) is 3.95. The van der Waals surface area contributed by atoms with E-state index in [9.17, 15) is 0 Å². The lowest BCUT2D eigenvalue weighted by Crippen LogP contribution is -1.96. The van der Waals surface area contributed by atoms with Crippen molar-refractivity contribution in [3.63, 3.8) is 0 Å². The molecular formula is C20H16ClN3S. The second-order valence-electron chi connectivity index (χ2n) is 5.96. The number of hydrogen-bond donors (Lipinski definition) is 1. The summed E-state index contributed by atoms with van der Waals surface area (Å²) in [7, 11) is 0. The largest absolute Gasteiger partial charge is 0.340 e. The first-order valence-electron chi connectivity index (χ1n) is 7.97. The molecule has 3 nitrogen and oxygen atoms in total. The average molecular weight is 366 g/mol. The molecule has 2 aromatic heterocycles. The van der Waals surface area contributed by atoms with Crippen molar-refractivity contribution in [2.75, 3.05) is 5.32 Å². The molecule has 0 radical (unpaired) electrons. The van der Waals surface area contributed by atoms with Crippen LogP contribution in [-0.4, -0.2) is 9.97 Å². The summed E-state index contributed by atoms with van der Waals surface area (Å²) in [6.07, 6.45) is 0. The van der Waals surface area contributed by atoms with Crippen LogP contribution in [0.2, 0.25) is 5.28 Å². The fraction of sp³-hybridized carbons (Fsp3) is 0.100. The van der Waals surface area contributed by atoms with Crippen molar-refractivity contribution >= 4 is 44.7 Å². The maximum absolute atomic E-state index is 6.15. The van der Waals surface area contributed by atoms with Crippen LogP contribution in [0, 0.1) is 13.8 Å². The van der Waals surface area contributed by atoms with Gasteiger partial charge >= 0.3 is 0 Å². The molecule has 0 unspecified atom stereocenters. The zero-order chi connectivity index (χ0) is 17.4. The van der Waals surface area contributed by atoms with Crippen molar-refractivity contribution in [1.29, 1.82) is 0 Å². The van der Waals surface area contributed by atoms with E-state index in [1.54, 1.807) is 11.3 Å². The van der Waals surface area contributed by atoms with Crippen LogP contribution in [0.1, 0.15) is 11.1 Å². The predicted molar refractivity (Wildman–Crippen MR) is 107 cm³/mol. The van der Waals surface area contributed by atoms with Crippen LogP contribution in [0.4, 0.5) is 11.5 Å². The van der Waals surface area contributed by atoms with Crippen LogP contribution in [0.25, 0.3) is 20.7 Å². The molecule has 0 atom stereocenters. The molecule has 2 heterocycles. The van der Waals surface area contributed by atoms with Crippen molar-refractivity contribution in [2.45, 2.75) is 13.8 Å². The van der Waals surface area contributed by atoms with Crippen LogP contribution in [-0.2, 0) is 0 Å². The van der Waals surface area contributed by atoms with E-state index in [1.165, 1.54) is 16.7 Å². The molecule has 2 aromatic carbocycles. The Morgan fingerprint density at radius 3 is 2.48 bits per heavy atom. The van der Waals surface area contributed by atoms with Gasteiger partial charge in [0.05, 0.1) is 5.39 Å². The lowest BCUT2D eigenvalue weighted by molar-refractivity contribution is 1.23. The van der Waals surface area contributed by atoms with E-state index in [4.69, 9.17) is 11.6 Å². The Morgan fingerprint density at radius 2 is 1.72 bits per heavy atom. The topological polar surface area (TPSA) is 37.8 Å². The number of nitrogens with one attached hydrogen (secondary N) is 1. The third-order valence-corrected chi connectivity index (χ3v) is 5.44. The molecule has 0 aliphatic rings. The number of aryl methyl sites for hydroxylation is 2. The van der Waals surface area contributed by atoms with Crippen molar-refractivity contribution in [1.82, 2.24) is 9.97 Å². The average Bonchev–Trinajstić information content (AvgIpc) is 3.03. The monoisotopic (exact) mass is 365 g/mol.